The molecule has 0 aliphatic carbocycles. The van der Waals surface area contributed by atoms with E-state index in [9.17, 15) is 0 Å². The van der Waals surface area contributed by atoms with Crippen molar-refractivity contribution >= 4 is 22.5 Å². The Kier molecular flexibility index (Phi) is 3.43. The SMILES string of the molecule is Nc1oc2c(-c3cccc(Cc4ccccc4)c3)nccc2c1N. The second-order valence-electron chi connectivity index (χ2n) is 5.78. The summed E-state index contributed by atoms with van der Waals surface area (Å²) >= 11 is 0. The van der Waals surface area contributed by atoms with Crippen LogP contribution < -0.4 is 11.5 Å². The fourth-order valence-corrected chi connectivity index (χ4v) is 2.93. The van der Waals surface area contributed by atoms with Gasteiger partial charge in [0.25, 0.3) is 0 Å². The van der Waals surface area contributed by atoms with Crippen molar-refractivity contribution in [2.45, 2.75) is 6.42 Å². The lowest BCUT2D eigenvalue weighted by molar-refractivity contribution is 0.638. The highest BCUT2D eigenvalue weighted by atomic mass is 16.3. The largest absolute Gasteiger partial charge is 0.436 e. The summed E-state index contributed by atoms with van der Waals surface area (Å²) in [4.78, 5) is 4.47. The lowest BCUT2D eigenvalue weighted by Gasteiger charge is -2.06. The Morgan fingerprint density at radius 1 is 0.875 bits per heavy atom. The smallest absolute Gasteiger partial charge is 0.214 e. The van der Waals surface area contributed by atoms with E-state index in [0.29, 0.717) is 11.3 Å². The van der Waals surface area contributed by atoms with Gasteiger partial charge in [0.1, 0.15) is 11.4 Å². The number of anilines is 2. The van der Waals surface area contributed by atoms with Crippen LogP contribution in [0.5, 0.6) is 0 Å². The van der Waals surface area contributed by atoms with Crippen molar-refractivity contribution < 1.29 is 4.42 Å². The zero-order chi connectivity index (χ0) is 16.5. The van der Waals surface area contributed by atoms with Crippen molar-refractivity contribution in [2.75, 3.05) is 11.5 Å². The molecule has 4 nitrogen and oxygen atoms in total. The second kappa shape index (κ2) is 5.74. The van der Waals surface area contributed by atoms with Gasteiger partial charge in [0, 0.05) is 17.1 Å². The van der Waals surface area contributed by atoms with Crippen molar-refractivity contribution in [3.05, 3.63) is 78.0 Å². The number of pyridine rings is 1. The first kappa shape index (κ1) is 14.3. The van der Waals surface area contributed by atoms with Crippen molar-refractivity contribution in [2.24, 2.45) is 0 Å². The Labute approximate surface area is 139 Å². The molecule has 0 amide bonds. The molecule has 2 heterocycles. The number of nitrogen functional groups attached to an aromatic ring is 2. The summed E-state index contributed by atoms with van der Waals surface area (Å²) in [5.41, 5.74) is 17.1. The zero-order valence-corrected chi connectivity index (χ0v) is 13.1. The summed E-state index contributed by atoms with van der Waals surface area (Å²) in [5.74, 6) is 0.236. The van der Waals surface area contributed by atoms with E-state index in [4.69, 9.17) is 15.9 Å². The van der Waals surface area contributed by atoms with Crippen LogP contribution in [0.4, 0.5) is 11.6 Å². The van der Waals surface area contributed by atoms with Crippen molar-refractivity contribution in [1.82, 2.24) is 4.98 Å². The zero-order valence-electron chi connectivity index (χ0n) is 13.1. The molecular formula is C20H17N3O. The van der Waals surface area contributed by atoms with E-state index >= 15 is 0 Å². The van der Waals surface area contributed by atoms with Crippen LogP contribution in [0, 0.1) is 0 Å². The molecule has 4 N–H and O–H groups in total. The van der Waals surface area contributed by atoms with E-state index in [1.807, 2.05) is 24.3 Å². The highest BCUT2D eigenvalue weighted by Crippen LogP contribution is 2.35. The van der Waals surface area contributed by atoms with Crippen LogP contribution >= 0.6 is 0 Å². The summed E-state index contributed by atoms with van der Waals surface area (Å²) in [6.07, 6.45) is 2.60. The molecule has 0 unspecified atom stereocenters. The molecular weight excluding hydrogens is 298 g/mol. The maximum atomic E-state index is 5.97. The number of fused-ring (bicyclic) bond motifs is 1. The summed E-state index contributed by atoms with van der Waals surface area (Å²) in [6.45, 7) is 0. The normalized spacial score (nSPS) is 11.0. The average Bonchev–Trinajstić information content (AvgIpc) is 2.91. The maximum Gasteiger partial charge on any atom is 0.214 e. The molecule has 0 aliphatic heterocycles. The van der Waals surface area contributed by atoms with Crippen molar-refractivity contribution in [1.29, 1.82) is 0 Å². The summed E-state index contributed by atoms with van der Waals surface area (Å²) in [6, 6.07) is 20.5. The summed E-state index contributed by atoms with van der Waals surface area (Å²) < 4.78 is 5.63. The fourth-order valence-electron chi connectivity index (χ4n) is 2.93. The van der Waals surface area contributed by atoms with Gasteiger partial charge in [-0.25, -0.2) is 0 Å². The van der Waals surface area contributed by atoms with Gasteiger partial charge in [-0.3, -0.25) is 4.98 Å². The lowest BCUT2D eigenvalue weighted by atomic mass is 10.0. The van der Waals surface area contributed by atoms with E-state index in [1.54, 1.807) is 6.20 Å². The molecule has 2 aromatic carbocycles. The number of hydrogen-bond donors (Lipinski definition) is 2. The molecule has 0 saturated carbocycles. The van der Waals surface area contributed by atoms with Crippen LogP contribution in [0.15, 0.2) is 71.3 Å². The minimum Gasteiger partial charge on any atom is -0.436 e. The number of aromatic nitrogens is 1. The third-order valence-corrected chi connectivity index (χ3v) is 4.12. The predicted octanol–water partition coefficient (Wildman–Crippen LogP) is 4.25. The molecule has 2 aromatic heterocycles. The molecule has 4 aromatic rings. The molecule has 0 spiro atoms. The monoisotopic (exact) mass is 315 g/mol. The Bertz CT molecular complexity index is 1010. The fraction of sp³-hybridized carbons (Fsp3) is 0.0500. The molecule has 24 heavy (non-hydrogen) atoms. The van der Waals surface area contributed by atoms with Gasteiger partial charge in [-0.2, -0.15) is 0 Å². The Balaban J connectivity index is 1.78. The highest BCUT2D eigenvalue weighted by molar-refractivity contribution is 6.01. The topological polar surface area (TPSA) is 78.1 Å². The molecule has 4 rings (SSSR count). The van der Waals surface area contributed by atoms with Gasteiger partial charge in [-0.05, 0) is 29.7 Å². The summed E-state index contributed by atoms with van der Waals surface area (Å²) in [7, 11) is 0. The second-order valence-corrected chi connectivity index (χ2v) is 5.78. The number of hydrogen-bond acceptors (Lipinski definition) is 4. The maximum absolute atomic E-state index is 5.97. The van der Waals surface area contributed by atoms with Gasteiger partial charge in [0.2, 0.25) is 5.88 Å². The molecule has 0 saturated heterocycles. The minimum absolute atomic E-state index is 0.236. The van der Waals surface area contributed by atoms with Gasteiger partial charge in [0.05, 0.1) is 0 Å². The van der Waals surface area contributed by atoms with Gasteiger partial charge in [-0.15, -0.1) is 0 Å². The Hall–Kier alpha value is -3.27. The molecule has 0 fully saturated rings. The number of furan rings is 1. The van der Waals surface area contributed by atoms with Gasteiger partial charge < -0.3 is 15.9 Å². The van der Waals surface area contributed by atoms with Crippen LogP contribution in [0.1, 0.15) is 11.1 Å². The number of nitrogens with zero attached hydrogens (tertiary/aromatic N) is 1. The molecule has 4 heteroatoms. The highest BCUT2D eigenvalue weighted by Gasteiger charge is 2.14. The first-order chi connectivity index (χ1) is 11.7. The van der Waals surface area contributed by atoms with Crippen LogP contribution in [-0.2, 0) is 6.42 Å². The van der Waals surface area contributed by atoms with Crippen LogP contribution in [0.2, 0.25) is 0 Å². The van der Waals surface area contributed by atoms with Crippen LogP contribution in [0.3, 0.4) is 0 Å². The average molecular weight is 315 g/mol. The lowest BCUT2D eigenvalue weighted by Crippen LogP contribution is -1.90. The Morgan fingerprint density at radius 2 is 1.67 bits per heavy atom. The van der Waals surface area contributed by atoms with Gasteiger partial charge >= 0.3 is 0 Å². The molecule has 0 bridgehead atoms. The van der Waals surface area contributed by atoms with E-state index in [0.717, 1.165) is 23.1 Å². The number of benzene rings is 2. The standard InChI is InChI=1S/C20H17N3O/c21-17-16-9-10-23-18(19(16)24-20(17)22)15-8-4-7-14(12-15)11-13-5-2-1-3-6-13/h1-10,12H,11,21-22H2. The van der Waals surface area contributed by atoms with E-state index in [2.05, 4.69) is 41.4 Å². The molecule has 0 radical (unpaired) electrons. The third kappa shape index (κ3) is 2.48. The molecule has 118 valence electrons. The van der Waals surface area contributed by atoms with E-state index < -0.39 is 0 Å². The van der Waals surface area contributed by atoms with E-state index in [-0.39, 0.29) is 5.88 Å². The summed E-state index contributed by atoms with van der Waals surface area (Å²) in [5, 5.41) is 0.797. The molecule has 0 aliphatic rings. The van der Waals surface area contributed by atoms with Crippen molar-refractivity contribution in [3.8, 4) is 11.3 Å². The first-order valence-corrected chi connectivity index (χ1v) is 7.78. The first-order valence-electron chi connectivity index (χ1n) is 7.78. The third-order valence-electron chi connectivity index (χ3n) is 4.12. The quantitative estimate of drug-likeness (QED) is 0.592. The Morgan fingerprint density at radius 3 is 2.50 bits per heavy atom. The van der Waals surface area contributed by atoms with Crippen LogP contribution in [-0.4, -0.2) is 4.98 Å². The van der Waals surface area contributed by atoms with Crippen molar-refractivity contribution in [3.63, 3.8) is 0 Å². The number of nitrogens with two attached hydrogens (primary N) is 2. The minimum atomic E-state index is 0.236. The molecule has 0 atom stereocenters. The van der Waals surface area contributed by atoms with Gasteiger partial charge in [-0.1, -0.05) is 48.5 Å². The van der Waals surface area contributed by atoms with Gasteiger partial charge in [0.15, 0.2) is 5.58 Å². The van der Waals surface area contributed by atoms with Crippen LogP contribution in [0.25, 0.3) is 22.2 Å². The van der Waals surface area contributed by atoms with E-state index in [1.165, 1.54) is 11.1 Å². The number of rotatable bonds is 3. The predicted molar refractivity (Wildman–Crippen MR) is 97.5 cm³/mol.